The maximum atomic E-state index is 13.2. The molecule has 4 heteroatoms. The minimum atomic E-state index is 0.0480. The first-order valence-corrected chi connectivity index (χ1v) is 9.55. The Hall–Kier alpha value is -2.88. The lowest BCUT2D eigenvalue weighted by molar-refractivity contribution is 0.0783. The summed E-state index contributed by atoms with van der Waals surface area (Å²) in [5.41, 5.74) is 4.98. The van der Waals surface area contributed by atoms with Crippen molar-refractivity contribution in [2.45, 2.75) is 39.8 Å². The second-order valence-electron chi connectivity index (χ2n) is 6.77. The van der Waals surface area contributed by atoms with Gasteiger partial charge in [-0.05, 0) is 24.0 Å². The maximum absolute atomic E-state index is 13.2. The van der Waals surface area contributed by atoms with E-state index in [1.807, 2.05) is 60.3 Å². The summed E-state index contributed by atoms with van der Waals surface area (Å²) in [5, 5.41) is 4.77. The van der Waals surface area contributed by atoms with Crippen LogP contribution in [0.25, 0.3) is 0 Å². The highest BCUT2D eigenvalue weighted by Gasteiger charge is 2.24. The molecule has 1 aromatic heterocycles. The van der Waals surface area contributed by atoms with Gasteiger partial charge in [-0.3, -0.25) is 9.48 Å². The Morgan fingerprint density at radius 1 is 0.926 bits per heavy atom. The summed E-state index contributed by atoms with van der Waals surface area (Å²) >= 11 is 0. The second-order valence-corrected chi connectivity index (χ2v) is 6.77. The molecule has 0 bridgehead atoms. The topological polar surface area (TPSA) is 38.1 Å². The zero-order valence-corrected chi connectivity index (χ0v) is 16.4. The van der Waals surface area contributed by atoms with Crippen molar-refractivity contribution in [3.63, 3.8) is 0 Å². The van der Waals surface area contributed by atoms with Gasteiger partial charge in [-0.2, -0.15) is 5.10 Å². The van der Waals surface area contributed by atoms with Crippen LogP contribution in [0.15, 0.2) is 60.7 Å². The van der Waals surface area contributed by atoms with Gasteiger partial charge in [-0.15, -0.1) is 0 Å². The van der Waals surface area contributed by atoms with Crippen molar-refractivity contribution >= 4 is 5.91 Å². The Kier molecular flexibility index (Phi) is 6.07. The van der Waals surface area contributed by atoms with Crippen molar-refractivity contribution < 1.29 is 4.79 Å². The Morgan fingerprint density at radius 2 is 1.52 bits per heavy atom. The number of carbonyl (C=O) groups is 1. The molecule has 0 aliphatic carbocycles. The van der Waals surface area contributed by atoms with Gasteiger partial charge in [0.15, 0.2) is 0 Å². The van der Waals surface area contributed by atoms with Gasteiger partial charge in [-0.25, -0.2) is 0 Å². The lowest BCUT2D eigenvalue weighted by Gasteiger charge is -2.18. The molecule has 0 unspecified atom stereocenters. The summed E-state index contributed by atoms with van der Waals surface area (Å²) in [6.45, 7) is 5.43. The predicted octanol–water partition coefficient (Wildman–Crippen LogP) is 4.33. The number of hydrogen-bond acceptors (Lipinski definition) is 2. The van der Waals surface area contributed by atoms with Crippen molar-refractivity contribution in [3.05, 3.63) is 88.7 Å². The van der Waals surface area contributed by atoms with Crippen molar-refractivity contribution in [2.75, 3.05) is 7.05 Å². The maximum Gasteiger partial charge on any atom is 0.257 e. The first-order valence-electron chi connectivity index (χ1n) is 9.55. The number of rotatable bonds is 7. The van der Waals surface area contributed by atoms with E-state index in [1.165, 1.54) is 5.56 Å². The average molecular weight is 361 g/mol. The summed E-state index contributed by atoms with van der Waals surface area (Å²) in [4.78, 5) is 15.0. The molecule has 0 saturated carbocycles. The van der Waals surface area contributed by atoms with Gasteiger partial charge in [0.1, 0.15) is 0 Å². The van der Waals surface area contributed by atoms with Crippen LogP contribution in [0.2, 0.25) is 0 Å². The van der Waals surface area contributed by atoms with E-state index in [9.17, 15) is 4.79 Å². The molecule has 0 radical (unpaired) electrons. The quantitative estimate of drug-likeness (QED) is 0.628. The molecule has 27 heavy (non-hydrogen) atoms. The molecule has 140 valence electrons. The molecule has 3 rings (SSSR count). The Bertz CT molecular complexity index is 885. The predicted molar refractivity (Wildman–Crippen MR) is 109 cm³/mol. The number of amides is 1. The molecule has 3 aromatic rings. The fourth-order valence-corrected chi connectivity index (χ4v) is 3.41. The van der Waals surface area contributed by atoms with Gasteiger partial charge in [-0.1, -0.05) is 74.5 Å². The van der Waals surface area contributed by atoms with E-state index in [0.717, 1.165) is 35.4 Å². The van der Waals surface area contributed by atoms with Crippen LogP contribution in [-0.2, 0) is 25.9 Å². The van der Waals surface area contributed by atoms with Crippen molar-refractivity contribution in [1.29, 1.82) is 0 Å². The van der Waals surface area contributed by atoms with E-state index >= 15 is 0 Å². The van der Waals surface area contributed by atoms with Gasteiger partial charge in [0.2, 0.25) is 0 Å². The van der Waals surface area contributed by atoms with Crippen LogP contribution in [0.3, 0.4) is 0 Å². The van der Waals surface area contributed by atoms with Gasteiger partial charge < -0.3 is 4.90 Å². The van der Waals surface area contributed by atoms with Crippen molar-refractivity contribution in [2.24, 2.45) is 0 Å². The SMILES string of the molecule is CCc1nn(Cc2ccccc2)c(CC)c1C(=O)N(C)Cc1ccccc1. The zero-order valence-electron chi connectivity index (χ0n) is 16.4. The summed E-state index contributed by atoms with van der Waals surface area (Å²) in [6, 6.07) is 20.3. The normalized spacial score (nSPS) is 10.8. The molecular weight excluding hydrogens is 334 g/mol. The molecule has 0 N–H and O–H groups in total. The highest BCUT2D eigenvalue weighted by molar-refractivity contribution is 5.96. The molecule has 0 aliphatic heterocycles. The Labute approximate surface area is 161 Å². The molecule has 0 saturated heterocycles. The minimum absolute atomic E-state index is 0.0480. The van der Waals surface area contributed by atoms with Crippen LogP contribution >= 0.6 is 0 Å². The number of benzene rings is 2. The van der Waals surface area contributed by atoms with Gasteiger partial charge in [0, 0.05) is 13.6 Å². The van der Waals surface area contributed by atoms with Crippen molar-refractivity contribution in [1.82, 2.24) is 14.7 Å². The third-order valence-electron chi connectivity index (χ3n) is 4.80. The lowest BCUT2D eigenvalue weighted by atomic mass is 10.1. The molecule has 0 atom stereocenters. The van der Waals surface area contributed by atoms with E-state index < -0.39 is 0 Å². The summed E-state index contributed by atoms with van der Waals surface area (Å²) in [6.07, 6.45) is 1.52. The molecule has 2 aromatic carbocycles. The summed E-state index contributed by atoms with van der Waals surface area (Å²) < 4.78 is 2.00. The molecule has 1 heterocycles. The lowest BCUT2D eigenvalue weighted by Crippen LogP contribution is -2.27. The molecular formula is C23H27N3O. The fourth-order valence-electron chi connectivity index (χ4n) is 3.41. The second kappa shape index (κ2) is 8.67. The average Bonchev–Trinajstić information content (AvgIpc) is 3.06. The van der Waals surface area contributed by atoms with Crippen LogP contribution in [0.1, 0.15) is 46.7 Å². The zero-order chi connectivity index (χ0) is 19.2. The Balaban J connectivity index is 1.90. The molecule has 1 amide bonds. The highest BCUT2D eigenvalue weighted by Crippen LogP contribution is 2.20. The van der Waals surface area contributed by atoms with E-state index in [0.29, 0.717) is 13.1 Å². The van der Waals surface area contributed by atoms with Crippen molar-refractivity contribution in [3.8, 4) is 0 Å². The number of nitrogens with zero attached hydrogens (tertiary/aromatic N) is 3. The minimum Gasteiger partial charge on any atom is -0.337 e. The Morgan fingerprint density at radius 3 is 2.07 bits per heavy atom. The molecule has 4 nitrogen and oxygen atoms in total. The standard InChI is InChI=1S/C23H27N3O/c1-4-20-22(23(27)25(3)16-18-12-8-6-9-13-18)21(5-2)26(24-20)17-19-14-10-7-11-15-19/h6-15H,4-5,16-17H2,1-3H3. The van der Waals surface area contributed by atoms with Crippen LogP contribution in [0, 0.1) is 0 Å². The third kappa shape index (κ3) is 4.27. The number of hydrogen-bond donors (Lipinski definition) is 0. The summed E-state index contributed by atoms with van der Waals surface area (Å²) in [7, 11) is 1.86. The largest absolute Gasteiger partial charge is 0.337 e. The number of aromatic nitrogens is 2. The highest BCUT2D eigenvalue weighted by atomic mass is 16.2. The van der Waals surface area contributed by atoms with Gasteiger partial charge in [0.25, 0.3) is 5.91 Å². The first kappa shape index (κ1) is 18.9. The van der Waals surface area contributed by atoms with E-state index in [-0.39, 0.29) is 5.91 Å². The van der Waals surface area contributed by atoms with Crippen LogP contribution in [-0.4, -0.2) is 27.6 Å². The number of aryl methyl sites for hydroxylation is 1. The smallest absolute Gasteiger partial charge is 0.257 e. The monoisotopic (exact) mass is 361 g/mol. The van der Waals surface area contributed by atoms with Crippen LogP contribution in [0.5, 0.6) is 0 Å². The molecule has 0 spiro atoms. The van der Waals surface area contributed by atoms with Crippen LogP contribution in [0.4, 0.5) is 0 Å². The van der Waals surface area contributed by atoms with Crippen LogP contribution < -0.4 is 0 Å². The fraction of sp³-hybridized carbons (Fsp3) is 0.304. The van der Waals surface area contributed by atoms with E-state index in [4.69, 9.17) is 5.10 Å². The molecule has 0 fully saturated rings. The van der Waals surface area contributed by atoms with E-state index in [1.54, 1.807) is 4.90 Å². The number of carbonyl (C=O) groups excluding carboxylic acids is 1. The summed E-state index contributed by atoms with van der Waals surface area (Å²) in [5.74, 6) is 0.0480. The van der Waals surface area contributed by atoms with Gasteiger partial charge >= 0.3 is 0 Å². The van der Waals surface area contributed by atoms with E-state index in [2.05, 4.69) is 26.0 Å². The molecule has 0 aliphatic rings. The third-order valence-corrected chi connectivity index (χ3v) is 4.80. The first-order chi connectivity index (χ1) is 13.1. The van der Waals surface area contributed by atoms with Gasteiger partial charge in [0.05, 0.1) is 23.5 Å².